The van der Waals surface area contributed by atoms with Crippen molar-refractivity contribution >= 4 is 23.7 Å². The molecule has 2 aromatic carbocycles. The van der Waals surface area contributed by atoms with Gasteiger partial charge in [-0.05, 0) is 31.0 Å². The Kier molecular flexibility index (Phi) is 9.84. The maximum atomic E-state index is 15.0. The van der Waals surface area contributed by atoms with Crippen molar-refractivity contribution < 1.29 is 51.0 Å². The maximum absolute atomic E-state index is 15.0. The van der Waals surface area contributed by atoms with E-state index in [1.165, 1.54) is 32.0 Å². The van der Waals surface area contributed by atoms with E-state index in [1.54, 1.807) is 35.6 Å². The molecule has 0 aromatic heterocycles. The minimum atomic E-state index is -4.84. The fourth-order valence-electron chi connectivity index (χ4n) is 4.88. The molecule has 0 radical (unpaired) electrons. The second-order valence-electron chi connectivity index (χ2n) is 10.9. The molecule has 3 atom stereocenters. The van der Waals surface area contributed by atoms with Gasteiger partial charge in [0.1, 0.15) is 18.3 Å². The summed E-state index contributed by atoms with van der Waals surface area (Å²) in [7, 11) is 0. The fourth-order valence-corrected chi connectivity index (χ4v) is 4.88. The predicted octanol–water partition coefficient (Wildman–Crippen LogP) is 3.17. The highest BCUT2D eigenvalue weighted by atomic mass is 19.4. The van der Waals surface area contributed by atoms with Crippen molar-refractivity contribution in [1.29, 1.82) is 0 Å². The van der Waals surface area contributed by atoms with Crippen LogP contribution in [0.2, 0.25) is 0 Å². The first kappa shape index (κ1) is 33.4. The lowest BCUT2D eigenvalue weighted by atomic mass is 9.81. The van der Waals surface area contributed by atoms with Gasteiger partial charge in [0, 0.05) is 18.1 Å². The van der Waals surface area contributed by atoms with E-state index < -0.39 is 72.5 Å². The molecule has 9 nitrogen and oxygen atoms in total. The molecule has 1 aliphatic rings. The lowest BCUT2D eigenvalue weighted by Crippen LogP contribution is -2.58. The lowest BCUT2D eigenvalue weighted by molar-refractivity contribution is -0.151. The minimum absolute atomic E-state index is 0.0229. The molecule has 1 heterocycles. The number of hydrogen-bond donors (Lipinski definition) is 3. The number of aliphatic hydroxyl groups is 1. The number of ether oxygens (including phenoxy) is 1. The smallest absolute Gasteiger partial charge is 0.405 e. The molecule has 3 rings (SSSR count). The number of alkyl halides is 5. The van der Waals surface area contributed by atoms with E-state index in [4.69, 9.17) is 4.74 Å². The summed E-state index contributed by atoms with van der Waals surface area (Å²) < 4.78 is 73.5. The number of carbonyl (C=O) groups is 4. The van der Waals surface area contributed by atoms with Crippen molar-refractivity contribution in [3.63, 3.8) is 0 Å². The first-order chi connectivity index (χ1) is 19.9. The zero-order valence-electron chi connectivity index (χ0n) is 23.8. The van der Waals surface area contributed by atoms with Crippen LogP contribution in [-0.4, -0.2) is 77.1 Å². The number of rotatable bonds is 9. The second kappa shape index (κ2) is 12.7. The molecular weight excluding hydrogens is 581 g/mol. The largest absolute Gasteiger partial charge is 0.426 e. The summed E-state index contributed by atoms with van der Waals surface area (Å²) in [6.07, 6.45) is -7.20. The number of nitrogens with zero attached hydrogens (tertiary/aromatic N) is 1. The third kappa shape index (κ3) is 7.66. The molecule has 2 aromatic rings. The van der Waals surface area contributed by atoms with Crippen molar-refractivity contribution in [1.82, 2.24) is 15.5 Å². The average Bonchev–Trinajstić information content (AvgIpc) is 3.10. The normalized spacial score (nSPS) is 18.8. The van der Waals surface area contributed by atoms with Gasteiger partial charge in [-0.15, -0.1) is 0 Å². The second-order valence-corrected chi connectivity index (χ2v) is 10.9. The molecule has 0 bridgehead atoms. The minimum Gasteiger partial charge on any atom is -0.426 e. The van der Waals surface area contributed by atoms with Crippen molar-refractivity contribution in [2.75, 3.05) is 13.1 Å². The Morgan fingerprint density at radius 1 is 1.07 bits per heavy atom. The van der Waals surface area contributed by atoms with E-state index >= 15 is 8.78 Å². The molecule has 3 unspecified atom stereocenters. The zero-order valence-corrected chi connectivity index (χ0v) is 23.8. The highest BCUT2D eigenvalue weighted by Gasteiger charge is 2.64. The van der Waals surface area contributed by atoms with Gasteiger partial charge in [-0.2, -0.15) is 13.2 Å². The molecule has 1 fully saturated rings. The summed E-state index contributed by atoms with van der Waals surface area (Å²) in [6.45, 7) is 1.38. The highest BCUT2D eigenvalue weighted by Crippen LogP contribution is 2.48. The van der Waals surface area contributed by atoms with Crippen molar-refractivity contribution in [3.8, 4) is 5.75 Å². The summed E-state index contributed by atoms with van der Waals surface area (Å²) in [5.74, 6) is -7.92. The predicted molar refractivity (Wildman–Crippen MR) is 143 cm³/mol. The van der Waals surface area contributed by atoms with Crippen molar-refractivity contribution in [2.45, 2.75) is 64.4 Å². The summed E-state index contributed by atoms with van der Waals surface area (Å²) in [6, 6.07) is 9.04. The Labute approximate surface area is 244 Å². The fraction of sp³-hybridized carbons (Fsp3) is 0.448. The lowest BCUT2D eigenvalue weighted by Gasteiger charge is -2.34. The third-order valence-corrected chi connectivity index (χ3v) is 7.33. The van der Waals surface area contributed by atoms with Crippen LogP contribution < -0.4 is 15.4 Å². The van der Waals surface area contributed by atoms with Gasteiger partial charge in [0.25, 0.3) is 17.7 Å². The molecule has 1 saturated heterocycles. The van der Waals surface area contributed by atoms with E-state index in [2.05, 4.69) is 5.32 Å². The van der Waals surface area contributed by atoms with Gasteiger partial charge in [-0.25, -0.2) is 8.78 Å². The first-order valence-corrected chi connectivity index (χ1v) is 13.2. The van der Waals surface area contributed by atoms with Gasteiger partial charge in [0.05, 0.1) is 18.0 Å². The number of aliphatic hydroxyl groups excluding tert-OH is 1. The zero-order chi connectivity index (χ0) is 32.3. The molecule has 14 heteroatoms. The molecule has 43 heavy (non-hydrogen) atoms. The number of benzene rings is 2. The monoisotopic (exact) mass is 613 g/mol. The van der Waals surface area contributed by atoms with Crippen LogP contribution in [0.3, 0.4) is 0 Å². The van der Waals surface area contributed by atoms with E-state index in [9.17, 15) is 37.5 Å². The van der Waals surface area contributed by atoms with Crippen LogP contribution in [-0.2, 0) is 20.8 Å². The van der Waals surface area contributed by atoms with Gasteiger partial charge < -0.3 is 25.4 Å². The standard InChI is InChI=1S/C29H32F5N3O6/c1-16-19(11-8-12-21(16)43-17(2)38)24(40)36-20(13-18-9-6-5-7-10-18)22(39)26(42)37-15-28(30,31)27(3,4)23(37)25(41)35-14-29(32,33)34/h5-12,20,22-23,39H,13-15H2,1-4H3,(H,35,41)(H,36,40). The van der Waals surface area contributed by atoms with Gasteiger partial charge in [-0.1, -0.05) is 50.2 Å². The Morgan fingerprint density at radius 3 is 2.28 bits per heavy atom. The molecular formula is C29H32F5N3O6. The molecule has 0 spiro atoms. The van der Waals surface area contributed by atoms with Crippen molar-refractivity contribution in [3.05, 3.63) is 65.2 Å². The van der Waals surface area contributed by atoms with Crippen LogP contribution in [0, 0.1) is 12.3 Å². The number of nitrogens with one attached hydrogen (secondary N) is 2. The quantitative estimate of drug-likeness (QED) is 0.227. The highest BCUT2D eigenvalue weighted by molar-refractivity contribution is 5.97. The number of hydrogen-bond acceptors (Lipinski definition) is 6. The van der Waals surface area contributed by atoms with E-state index in [1.807, 2.05) is 0 Å². The van der Waals surface area contributed by atoms with E-state index in [-0.39, 0.29) is 23.3 Å². The van der Waals surface area contributed by atoms with Gasteiger partial charge in [0.2, 0.25) is 5.91 Å². The number of esters is 1. The summed E-state index contributed by atoms with van der Waals surface area (Å²) in [5, 5.41) is 15.3. The van der Waals surface area contributed by atoms with Gasteiger partial charge >= 0.3 is 12.1 Å². The van der Waals surface area contributed by atoms with Crippen LogP contribution in [0.5, 0.6) is 5.75 Å². The Balaban J connectivity index is 1.95. The van der Waals surface area contributed by atoms with E-state index in [0.717, 1.165) is 13.8 Å². The number of likely N-dealkylation sites (tertiary alicyclic amines) is 1. The van der Waals surface area contributed by atoms with Gasteiger partial charge in [-0.3, -0.25) is 19.2 Å². The summed E-state index contributed by atoms with van der Waals surface area (Å²) in [4.78, 5) is 51.5. The molecule has 234 valence electrons. The molecule has 3 N–H and O–H groups in total. The Hall–Kier alpha value is -4.07. The topological polar surface area (TPSA) is 125 Å². The molecule has 1 aliphatic heterocycles. The summed E-state index contributed by atoms with van der Waals surface area (Å²) in [5.41, 5.74) is -1.48. The van der Waals surface area contributed by atoms with Crippen LogP contribution in [0.15, 0.2) is 48.5 Å². The van der Waals surface area contributed by atoms with Crippen LogP contribution >= 0.6 is 0 Å². The molecule has 3 amide bonds. The molecule has 0 saturated carbocycles. The first-order valence-electron chi connectivity index (χ1n) is 13.2. The maximum Gasteiger partial charge on any atom is 0.405 e. The van der Waals surface area contributed by atoms with E-state index in [0.29, 0.717) is 10.5 Å². The third-order valence-electron chi connectivity index (χ3n) is 7.33. The summed E-state index contributed by atoms with van der Waals surface area (Å²) >= 11 is 0. The Morgan fingerprint density at radius 2 is 1.70 bits per heavy atom. The number of halogens is 5. The number of carbonyl (C=O) groups excluding carboxylic acids is 4. The van der Waals surface area contributed by atoms with Crippen molar-refractivity contribution in [2.24, 2.45) is 5.41 Å². The number of amides is 3. The molecule has 0 aliphatic carbocycles. The van der Waals surface area contributed by atoms with Crippen LogP contribution in [0.25, 0.3) is 0 Å². The van der Waals surface area contributed by atoms with Gasteiger partial charge in [0.15, 0.2) is 6.10 Å². The van der Waals surface area contributed by atoms with Crippen LogP contribution in [0.4, 0.5) is 22.0 Å². The Bertz CT molecular complexity index is 1370. The SMILES string of the molecule is CC(=O)Oc1cccc(C(=O)NC(Cc2ccccc2)C(O)C(=O)N2CC(F)(F)C(C)(C)C2C(=O)NCC(F)(F)F)c1C. The van der Waals surface area contributed by atoms with Crippen LogP contribution in [0.1, 0.15) is 42.3 Å². The average molecular weight is 614 g/mol.